The lowest BCUT2D eigenvalue weighted by Crippen LogP contribution is -2.21. The first kappa shape index (κ1) is 20.4. The Labute approximate surface area is 167 Å². The fourth-order valence-electron chi connectivity index (χ4n) is 3.13. The molecule has 29 heavy (non-hydrogen) atoms. The van der Waals surface area contributed by atoms with Crippen molar-refractivity contribution in [2.24, 2.45) is 5.92 Å². The molecule has 0 spiro atoms. The number of carbonyl (C=O) groups is 2. The number of benzene rings is 2. The molecule has 2 aromatic rings. The van der Waals surface area contributed by atoms with Gasteiger partial charge in [-0.15, -0.1) is 0 Å². The zero-order valence-corrected chi connectivity index (χ0v) is 16.4. The Hall–Kier alpha value is -3.29. The topological polar surface area (TPSA) is 83.1 Å². The van der Waals surface area contributed by atoms with Gasteiger partial charge in [0, 0.05) is 17.8 Å². The number of hydrogen-bond acceptors (Lipinski definition) is 6. The van der Waals surface area contributed by atoms with Crippen LogP contribution in [0.15, 0.2) is 36.4 Å². The van der Waals surface area contributed by atoms with Crippen LogP contribution in [0.2, 0.25) is 0 Å². The molecule has 0 aromatic heterocycles. The third kappa shape index (κ3) is 4.77. The molecule has 0 bridgehead atoms. The Kier molecular flexibility index (Phi) is 6.21. The van der Waals surface area contributed by atoms with Crippen LogP contribution in [0.4, 0.5) is 10.1 Å². The van der Waals surface area contributed by atoms with E-state index in [-0.39, 0.29) is 17.7 Å². The summed E-state index contributed by atoms with van der Waals surface area (Å²) in [6, 6.07) is 9.19. The summed E-state index contributed by atoms with van der Waals surface area (Å²) in [5.74, 6) is -0.391. The number of carbonyl (C=O) groups excluding carboxylic acids is 2. The summed E-state index contributed by atoms with van der Waals surface area (Å²) in [6.45, 7) is -0.415. The number of hydrogen-bond donors (Lipinski definition) is 1. The normalized spacial score (nSPS) is 17.2. The van der Waals surface area contributed by atoms with Crippen LogP contribution in [0, 0.1) is 11.7 Å². The molecule has 154 valence electrons. The van der Waals surface area contributed by atoms with Crippen molar-refractivity contribution in [3.05, 3.63) is 47.8 Å². The first-order chi connectivity index (χ1) is 14.0. The van der Waals surface area contributed by atoms with Gasteiger partial charge in [-0.25, -0.2) is 4.39 Å². The van der Waals surface area contributed by atoms with Crippen LogP contribution in [-0.4, -0.2) is 39.8 Å². The summed E-state index contributed by atoms with van der Waals surface area (Å²) < 4.78 is 33.8. The first-order valence-electron chi connectivity index (χ1n) is 8.98. The smallest absolute Gasteiger partial charge is 0.310 e. The maximum atomic E-state index is 13.0. The minimum atomic E-state index is -0.494. The summed E-state index contributed by atoms with van der Waals surface area (Å²) in [5, 5.41) is 2.63. The largest absolute Gasteiger partial charge is 0.493 e. The lowest BCUT2D eigenvalue weighted by molar-refractivity contribution is -0.148. The maximum absolute atomic E-state index is 13.0. The molecule has 1 aliphatic carbocycles. The molecule has 2 atom stereocenters. The van der Waals surface area contributed by atoms with Crippen LogP contribution in [0.25, 0.3) is 0 Å². The molecule has 0 aliphatic heterocycles. The van der Waals surface area contributed by atoms with Gasteiger partial charge in [0.05, 0.1) is 27.2 Å². The van der Waals surface area contributed by atoms with Crippen LogP contribution < -0.4 is 19.5 Å². The molecule has 2 aromatic carbocycles. The minimum Gasteiger partial charge on any atom is -0.493 e. The highest BCUT2D eigenvalue weighted by atomic mass is 19.1. The number of ether oxygens (including phenoxy) is 4. The molecular weight excluding hydrogens is 381 g/mol. The second kappa shape index (κ2) is 8.81. The maximum Gasteiger partial charge on any atom is 0.310 e. The fraction of sp³-hybridized carbons (Fsp3) is 0.333. The Morgan fingerprint density at radius 1 is 1.03 bits per heavy atom. The van der Waals surface area contributed by atoms with E-state index < -0.39 is 18.5 Å². The quantitative estimate of drug-likeness (QED) is 0.682. The van der Waals surface area contributed by atoms with E-state index in [1.807, 2.05) is 0 Å². The van der Waals surface area contributed by atoms with Crippen molar-refractivity contribution in [1.29, 1.82) is 0 Å². The number of anilines is 1. The SMILES string of the molecule is COc1cc(NC(=O)COC(=O)C2CC2c2ccc(F)cc2)cc(OC)c1OC. The molecule has 0 heterocycles. The molecular formula is C21H22FNO6. The van der Waals surface area contributed by atoms with E-state index in [0.717, 1.165) is 5.56 Å². The van der Waals surface area contributed by atoms with Gasteiger partial charge >= 0.3 is 5.97 Å². The zero-order chi connectivity index (χ0) is 21.0. The van der Waals surface area contributed by atoms with E-state index in [9.17, 15) is 14.0 Å². The molecule has 1 N–H and O–H groups in total. The van der Waals surface area contributed by atoms with Crippen LogP contribution in [0.3, 0.4) is 0 Å². The Morgan fingerprint density at radius 2 is 1.66 bits per heavy atom. The third-order valence-electron chi connectivity index (χ3n) is 4.69. The Balaban J connectivity index is 1.54. The highest BCUT2D eigenvalue weighted by Gasteiger charge is 2.45. The van der Waals surface area contributed by atoms with E-state index in [0.29, 0.717) is 29.4 Å². The van der Waals surface area contributed by atoms with Crippen molar-refractivity contribution in [3.8, 4) is 17.2 Å². The lowest BCUT2D eigenvalue weighted by Gasteiger charge is -2.14. The van der Waals surface area contributed by atoms with E-state index in [2.05, 4.69) is 5.32 Å². The molecule has 0 saturated heterocycles. The van der Waals surface area contributed by atoms with Gasteiger partial charge in [0.2, 0.25) is 5.75 Å². The van der Waals surface area contributed by atoms with Crippen molar-refractivity contribution in [1.82, 2.24) is 0 Å². The molecule has 8 heteroatoms. The van der Waals surface area contributed by atoms with Crippen LogP contribution >= 0.6 is 0 Å². The number of amides is 1. The highest BCUT2D eigenvalue weighted by molar-refractivity contribution is 5.93. The van der Waals surface area contributed by atoms with Crippen molar-refractivity contribution >= 4 is 17.6 Å². The summed E-state index contributed by atoms with van der Waals surface area (Å²) in [7, 11) is 4.42. The highest BCUT2D eigenvalue weighted by Crippen LogP contribution is 2.48. The number of halogens is 1. The van der Waals surface area contributed by atoms with Gasteiger partial charge in [0.25, 0.3) is 5.91 Å². The van der Waals surface area contributed by atoms with E-state index in [1.165, 1.54) is 33.5 Å². The van der Waals surface area contributed by atoms with E-state index in [1.54, 1.807) is 24.3 Å². The van der Waals surface area contributed by atoms with Gasteiger partial charge in [-0.2, -0.15) is 0 Å². The average Bonchev–Trinajstić information content (AvgIpc) is 3.52. The molecule has 3 rings (SSSR count). The number of methoxy groups -OCH3 is 3. The van der Waals surface area contributed by atoms with Crippen LogP contribution in [0.5, 0.6) is 17.2 Å². The predicted molar refractivity (Wildman–Crippen MR) is 103 cm³/mol. The first-order valence-corrected chi connectivity index (χ1v) is 8.98. The summed E-state index contributed by atoms with van der Waals surface area (Å²) in [5.41, 5.74) is 1.30. The van der Waals surface area contributed by atoms with Gasteiger partial charge in [-0.05, 0) is 30.0 Å². The van der Waals surface area contributed by atoms with Crippen molar-refractivity contribution < 1.29 is 32.9 Å². The average molecular weight is 403 g/mol. The summed E-state index contributed by atoms with van der Waals surface area (Å²) >= 11 is 0. The van der Waals surface area contributed by atoms with E-state index in [4.69, 9.17) is 18.9 Å². The van der Waals surface area contributed by atoms with Crippen molar-refractivity contribution in [2.75, 3.05) is 33.3 Å². The Bertz CT molecular complexity index is 874. The number of esters is 1. The second-order valence-electron chi connectivity index (χ2n) is 6.57. The van der Waals surface area contributed by atoms with Gasteiger partial charge in [-0.3, -0.25) is 9.59 Å². The second-order valence-corrected chi connectivity index (χ2v) is 6.57. The molecule has 0 radical (unpaired) electrons. The molecule has 1 fully saturated rings. The summed E-state index contributed by atoms with van der Waals surface area (Å²) in [4.78, 5) is 24.3. The standard InChI is InChI=1S/C21H22FNO6/c1-26-17-8-14(9-18(27-2)20(17)28-3)23-19(24)11-29-21(25)16-10-15(16)12-4-6-13(22)7-5-12/h4-9,15-16H,10-11H2,1-3H3,(H,23,24). The molecule has 7 nitrogen and oxygen atoms in total. The van der Waals surface area contributed by atoms with Gasteiger partial charge in [0.1, 0.15) is 5.82 Å². The van der Waals surface area contributed by atoms with Crippen LogP contribution in [0.1, 0.15) is 17.9 Å². The van der Waals surface area contributed by atoms with E-state index >= 15 is 0 Å². The van der Waals surface area contributed by atoms with Crippen molar-refractivity contribution in [2.45, 2.75) is 12.3 Å². The number of rotatable bonds is 8. The molecule has 1 saturated carbocycles. The number of nitrogens with one attached hydrogen (secondary N) is 1. The fourth-order valence-corrected chi connectivity index (χ4v) is 3.13. The minimum absolute atomic E-state index is 0.00118. The third-order valence-corrected chi connectivity index (χ3v) is 4.69. The molecule has 2 unspecified atom stereocenters. The summed E-state index contributed by atoms with van der Waals surface area (Å²) in [6.07, 6.45) is 0.624. The van der Waals surface area contributed by atoms with Gasteiger partial charge in [0.15, 0.2) is 18.1 Å². The molecule has 1 aliphatic rings. The van der Waals surface area contributed by atoms with Crippen LogP contribution in [-0.2, 0) is 14.3 Å². The monoisotopic (exact) mass is 403 g/mol. The lowest BCUT2D eigenvalue weighted by atomic mass is 10.1. The van der Waals surface area contributed by atoms with Gasteiger partial charge < -0.3 is 24.3 Å². The zero-order valence-electron chi connectivity index (χ0n) is 16.4. The molecule has 1 amide bonds. The van der Waals surface area contributed by atoms with Gasteiger partial charge in [-0.1, -0.05) is 12.1 Å². The predicted octanol–water partition coefficient (Wildman–Crippen LogP) is 3.14. The Morgan fingerprint density at radius 3 is 2.21 bits per heavy atom. The van der Waals surface area contributed by atoms with Crippen molar-refractivity contribution in [3.63, 3.8) is 0 Å².